The molecule has 0 fully saturated rings. The van der Waals surface area contributed by atoms with Crippen LogP contribution in [0.15, 0.2) is 60.7 Å². The molecule has 7 heteroatoms. The van der Waals surface area contributed by atoms with Crippen molar-refractivity contribution in [3.05, 3.63) is 88.5 Å². The van der Waals surface area contributed by atoms with E-state index in [0.29, 0.717) is 18.0 Å². The molecule has 3 aromatic rings. The summed E-state index contributed by atoms with van der Waals surface area (Å²) in [7, 11) is 0.253. The van der Waals surface area contributed by atoms with Gasteiger partial charge < -0.3 is 24.8 Å². The molecule has 2 atom stereocenters. The topological polar surface area (TPSA) is 91.0 Å². The van der Waals surface area contributed by atoms with Crippen molar-refractivity contribution in [1.82, 2.24) is 0 Å². The zero-order valence-electron chi connectivity index (χ0n) is 23.6. The van der Waals surface area contributed by atoms with Crippen molar-refractivity contribution in [3.63, 3.8) is 0 Å². The van der Waals surface area contributed by atoms with Crippen molar-refractivity contribution in [1.29, 1.82) is 0 Å². The summed E-state index contributed by atoms with van der Waals surface area (Å²) < 4.78 is 16.4. The maximum atomic E-state index is 10.6. The van der Waals surface area contributed by atoms with Crippen molar-refractivity contribution in [2.75, 3.05) is 6.35 Å². The van der Waals surface area contributed by atoms with Crippen molar-refractivity contribution >= 4 is 14.8 Å². The van der Waals surface area contributed by atoms with Crippen LogP contribution in [0.2, 0.25) is 0 Å². The second-order valence-electron chi connectivity index (χ2n) is 9.88. The van der Waals surface area contributed by atoms with Gasteiger partial charge in [0.05, 0.1) is 6.10 Å². The average Bonchev–Trinajstić information content (AvgIpc) is 2.85. The lowest BCUT2D eigenvalue weighted by molar-refractivity contribution is -0.148. The number of esters is 1. The number of ether oxygens (including phenoxy) is 2. The van der Waals surface area contributed by atoms with Gasteiger partial charge in [-0.2, -0.15) is 0 Å². The predicted octanol–water partition coefficient (Wildman–Crippen LogP) is 7.02. The van der Waals surface area contributed by atoms with E-state index in [1.165, 1.54) is 22.3 Å². The maximum Gasteiger partial charge on any atom is 0.322 e. The Labute approximate surface area is 229 Å². The molecule has 3 rings (SSSR count). The predicted molar refractivity (Wildman–Crippen MR) is 157 cm³/mol. The van der Waals surface area contributed by atoms with Gasteiger partial charge in [0.2, 0.25) is 0 Å². The molecule has 206 valence electrons. The van der Waals surface area contributed by atoms with Crippen LogP contribution >= 0.6 is 8.81 Å². The molecule has 0 saturated heterocycles. The highest BCUT2D eigenvalue weighted by Crippen LogP contribution is 2.30. The minimum absolute atomic E-state index is 0.0662. The van der Waals surface area contributed by atoms with Crippen molar-refractivity contribution < 1.29 is 23.9 Å². The third-order valence-corrected chi connectivity index (χ3v) is 6.36. The number of phenolic OH excluding ortho intramolecular Hbond substituents is 1. The van der Waals surface area contributed by atoms with Crippen molar-refractivity contribution in [2.24, 2.45) is 5.73 Å². The van der Waals surface area contributed by atoms with Crippen LogP contribution < -0.4 is 15.0 Å². The third kappa shape index (κ3) is 10.4. The first kappa shape index (κ1) is 31.1. The van der Waals surface area contributed by atoms with Crippen LogP contribution in [-0.4, -0.2) is 29.6 Å². The fourth-order valence-corrected chi connectivity index (χ4v) is 4.34. The molecule has 0 amide bonds. The van der Waals surface area contributed by atoms with E-state index in [1.807, 2.05) is 36.4 Å². The van der Waals surface area contributed by atoms with E-state index in [4.69, 9.17) is 19.7 Å². The zero-order chi connectivity index (χ0) is 28.2. The number of nitrogens with two attached hydrogens (primary N) is 1. The normalized spacial score (nSPS) is 11.8. The van der Waals surface area contributed by atoms with Crippen molar-refractivity contribution in [3.8, 4) is 17.2 Å². The summed E-state index contributed by atoms with van der Waals surface area (Å²) in [5.74, 6) is 2.07. The van der Waals surface area contributed by atoms with Gasteiger partial charge >= 0.3 is 5.97 Å². The van der Waals surface area contributed by atoms with Gasteiger partial charge in [0, 0.05) is 0 Å². The highest BCUT2D eigenvalue weighted by atomic mass is 31.1. The summed E-state index contributed by atoms with van der Waals surface area (Å²) in [5, 5.41) is 10.1. The largest absolute Gasteiger partial charge is 0.508 e. The number of phenols is 1. The average molecular weight is 540 g/mol. The summed E-state index contributed by atoms with van der Waals surface area (Å²) in [6.07, 6.45) is 1.31. The lowest BCUT2D eigenvalue weighted by atomic mass is 9.93. The number of aryl methyl sites for hydroxylation is 2. The second kappa shape index (κ2) is 15.4. The van der Waals surface area contributed by atoms with E-state index >= 15 is 0 Å². The van der Waals surface area contributed by atoms with E-state index < -0.39 is 6.04 Å². The van der Waals surface area contributed by atoms with Gasteiger partial charge in [-0.3, -0.25) is 4.79 Å². The molecule has 0 aliphatic rings. The van der Waals surface area contributed by atoms with Gasteiger partial charge in [0.1, 0.15) is 38.4 Å². The zero-order valence-corrected chi connectivity index (χ0v) is 24.6. The lowest BCUT2D eigenvalue weighted by Gasteiger charge is -2.15. The molecule has 0 bridgehead atoms. The Kier molecular flexibility index (Phi) is 12.6. The summed E-state index contributed by atoms with van der Waals surface area (Å²) in [4.78, 5) is 10.6. The minimum atomic E-state index is -0.507. The Bertz CT molecular complexity index is 1140. The Morgan fingerprint density at radius 1 is 0.921 bits per heavy atom. The van der Waals surface area contributed by atoms with Crippen LogP contribution in [0.1, 0.15) is 68.4 Å². The van der Waals surface area contributed by atoms with Gasteiger partial charge in [-0.05, 0) is 105 Å². The van der Waals surface area contributed by atoms with E-state index in [-0.39, 0.29) is 20.9 Å². The van der Waals surface area contributed by atoms with Crippen molar-refractivity contribution in [2.45, 2.75) is 73.0 Å². The molecule has 3 aromatic carbocycles. The highest BCUT2D eigenvalue weighted by molar-refractivity contribution is 7.32. The Hall–Kier alpha value is -3.08. The molecule has 3 N–H and O–H groups in total. The van der Waals surface area contributed by atoms with E-state index in [0.717, 1.165) is 23.5 Å². The van der Waals surface area contributed by atoms with Crippen LogP contribution in [-0.2, 0) is 16.0 Å². The number of hydrogen-bond donors (Lipinski definition) is 2. The molecule has 38 heavy (non-hydrogen) atoms. The van der Waals surface area contributed by atoms with Crippen LogP contribution in [0.5, 0.6) is 17.2 Å². The van der Waals surface area contributed by atoms with Crippen LogP contribution in [0.3, 0.4) is 0 Å². The monoisotopic (exact) mass is 539 g/mol. The number of carbonyl (C=O) groups excluding carboxylic acids is 1. The molecule has 0 heterocycles. The fourth-order valence-electron chi connectivity index (χ4n) is 3.75. The molecule has 0 spiro atoms. The molecule has 6 nitrogen and oxygen atoms in total. The van der Waals surface area contributed by atoms with E-state index in [9.17, 15) is 9.90 Å². The summed E-state index contributed by atoms with van der Waals surface area (Å²) in [5.41, 5.74) is 11.2. The molecule has 0 saturated carbocycles. The Morgan fingerprint density at radius 3 is 2.08 bits per heavy atom. The SMILES string of the molecule is CC(C)OC(=O)C(C)N.Cc1cc(OCPOc2ccccc2)cc(C)c1Cc1ccc(O)c(C(C)C)c1. The Balaban J connectivity index is 0.000000484. The molecule has 0 aliphatic carbocycles. The molecular weight excluding hydrogens is 497 g/mol. The summed E-state index contributed by atoms with van der Waals surface area (Å²) in [6, 6.07) is 19.4. The summed E-state index contributed by atoms with van der Waals surface area (Å²) >= 11 is 0. The first-order valence-corrected chi connectivity index (χ1v) is 14.0. The van der Waals surface area contributed by atoms with Crippen LogP contribution in [0.4, 0.5) is 0 Å². The maximum absolute atomic E-state index is 10.6. The number of para-hydroxylation sites is 1. The standard InChI is InChI=1S/C25H29O3P.C6H13NO2/c1-17(2)23-14-20(10-11-25(23)26)15-24-18(3)12-22(13-19(24)4)27-16-29-28-21-8-6-5-7-9-21;1-4(2)9-6(8)5(3)7/h5-14,17,26,29H,15-16H2,1-4H3;4-5H,7H2,1-3H3. The minimum Gasteiger partial charge on any atom is -0.508 e. The van der Waals surface area contributed by atoms with Crippen LogP contribution in [0, 0.1) is 13.8 Å². The number of carbonyl (C=O) groups is 1. The quantitative estimate of drug-likeness (QED) is 0.163. The van der Waals surface area contributed by atoms with Gasteiger partial charge in [-0.25, -0.2) is 0 Å². The van der Waals surface area contributed by atoms with Gasteiger partial charge in [-0.15, -0.1) is 0 Å². The van der Waals surface area contributed by atoms with Gasteiger partial charge in [-0.1, -0.05) is 44.2 Å². The molecule has 2 unspecified atom stereocenters. The molecule has 0 aliphatic heterocycles. The fraction of sp³-hybridized carbons (Fsp3) is 0.387. The first-order chi connectivity index (χ1) is 18.0. The Morgan fingerprint density at radius 2 is 1.55 bits per heavy atom. The van der Waals surface area contributed by atoms with Crippen LogP contribution in [0.25, 0.3) is 0 Å². The second-order valence-corrected chi connectivity index (χ2v) is 10.7. The molecule has 0 aromatic heterocycles. The van der Waals surface area contributed by atoms with E-state index in [2.05, 4.69) is 45.9 Å². The van der Waals surface area contributed by atoms with Gasteiger partial charge in [0.15, 0.2) is 0 Å². The number of hydrogen-bond acceptors (Lipinski definition) is 6. The summed E-state index contributed by atoms with van der Waals surface area (Å²) in [6.45, 7) is 13.6. The number of rotatable bonds is 10. The third-order valence-electron chi connectivity index (χ3n) is 5.72. The number of benzene rings is 3. The number of aromatic hydroxyl groups is 1. The highest BCUT2D eigenvalue weighted by Gasteiger charge is 2.11. The molecular formula is C31H42NO5P. The smallest absolute Gasteiger partial charge is 0.322 e. The lowest BCUT2D eigenvalue weighted by Crippen LogP contribution is -2.30. The van der Waals surface area contributed by atoms with E-state index in [1.54, 1.807) is 26.8 Å². The van der Waals surface area contributed by atoms with Gasteiger partial charge in [0.25, 0.3) is 0 Å². The molecule has 0 radical (unpaired) electrons. The first-order valence-electron chi connectivity index (χ1n) is 12.9.